The number of nitrogens with one attached hydrogen (secondary N) is 1. The average Bonchev–Trinajstić information content (AvgIpc) is 2.31. The topological polar surface area (TPSA) is 50.4 Å². The van der Waals surface area contributed by atoms with Gasteiger partial charge in [0.25, 0.3) is 0 Å². The summed E-state index contributed by atoms with van der Waals surface area (Å²) in [6, 6.07) is 0. The quantitative estimate of drug-likeness (QED) is 0.457. The maximum Gasteiger partial charge on any atom is 0.184 e. The van der Waals surface area contributed by atoms with E-state index in [1.807, 2.05) is 0 Å². The Labute approximate surface area is 72.0 Å². The van der Waals surface area contributed by atoms with Crippen molar-refractivity contribution < 1.29 is 0 Å². The number of nitrogens with zero attached hydrogens (tertiary/aromatic N) is 1. The third-order valence-corrected chi connectivity index (χ3v) is 2.04. The monoisotopic (exact) mass is 171 g/mol. The molecule has 1 rings (SSSR count). The van der Waals surface area contributed by atoms with Gasteiger partial charge in [-0.05, 0) is 37.4 Å². The van der Waals surface area contributed by atoms with Crippen LogP contribution >= 0.6 is 12.2 Å². The first-order valence-corrected chi connectivity index (χ1v) is 4.23. The summed E-state index contributed by atoms with van der Waals surface area (Å²) < 4.78 is 0. The van der Waals surface area contributed by atoms with Crippen molar-refractivity contribution in [2.75, 3.05) is 0 Å². The Morgan fingerprint density at radius 1 is 1.82 bits per heavy atom. The molecule has 3 nitrogen and oxygen atoms in total. The molecule has 0 heterocycles. The van der Waals surface area contributed by atoms with Gasteiger partial charge in [-0.15, -0.1) is 0 Å². The predicted octanol–water partition coefficient (Wildman–Crippen LogP) is 0.996. The van der Waals surface area contributed by atoms with Crippen molar-refractivity contribution in [1.82, 2.24) is 5.43 Å². The summed E-state index contributed by atoms with van der Waals surface area (Å²) in [4.78, 5) is 0. The fourth-order valence-corrected chi connectivity index (χ4v) is 1.34. The average molecular weight is 171 g/mol. The molecule has 1 aliphatic rings. The van der Waals surface area contributed by atoms with Crippen LogP contribution in [-0.2, 0) is 0 Å². The minimum atomic E-state index is 0.247. The third-order valence-electron chi connectivity index (χ3n) is 1.95. The first-order valence-electron chi connectivity index (χ1n) is 3.82. The van der Waals surface area contributed by atoms with Gasteiger partial charge >= 0.3 is 0 Å². The molecule has 11 heavy (non-hydrogen) atoms. The van der Waals surface area contributed by atoms with Crippen LogP contribution in [0.2, 0.25) is 0 Å². The van der Waals surface area contributed by atoms with Gasteiger partial charge in [0.1, 0.15) is 0 Å². The highest BCUT2D eigenvalue weighted by atomic mass is 32.1. The SMILES string of the molecule is CC1CCCC1=NNC(N)=S. The largest absolute Gasteiger partial charge is 0.375 e. The van der Waals surface area contributed by atoms with Crippen molar-refractivity contribution in [2.45, 2.75) is 26.2 Å². The van der Waals surface area contributed by atoms with Crippen molar-refractivity contribution in [2.24, 2.45) is 16.8 Å². The van der Waals surface area contributed by atoms with Gasteiger partial charge in [0.2, 0.25) is 0 Å². The van der Waals surface area contributed by atoms with E-state index in [2.05, 4.69) is 29.7 Å². The standard InChI is InChI=1S/C7H13N3S/c1-5-3-2-4-6(5)9-10-7(8)11/h5H,2-4H2,1H3,(H3,8,10,11). The van der Waals surface area contributed by atoms with Gasteiger partial charge in [-0.1, -0.05) is 6.92 Å². The first kappa shape index (κ1) is 8.46. The van der Waals surface area contributed by atoms with Crippen LogP contribution in [0, 0.1) is 5.92 Å². The number of hydrogen-bond donors (Lipinski definition) is 2. The molecule has 1 unspecified atom stereocenters. The Morgan fingerprint density at radius 2 is 2.55 bits per heavy atom. The molecule has 0 aromatic rings. The Bertz CT molecular complexity index is 188. The lowest BCUT2D eigenvalue weighted by Crippen LogP contribution is -2.25. The molecule has 0 radical (unpaired) electrons. The van der Waals surface area contributed by atoms with E-state index in [0.29, 0.717) is 5.92 Å². The van der Waals surface area contributed by atoms with Crippen LogP contribution in [0.25, 0.3) is 0 Å². The van der Waals surface area contributed by atoms with Crippen LogP contribution in [0.3, 0.4) is 0 Å². The minimum absolute atomic E-state index is 0.247. The molecule has 0 saturated heterocycles. The van der Waals surface area contributed by atoms with Gasteiger partial charge < -0.3 is 5.73 Å². The molecule has 0 aromatic carbocycles. The van der Waals surface area contributed by atoms with Gasteiger partial charge in [-0.3, -0.25) is 5.43 Å². The van der Waals surface area contributed by atoms with E-state index in [1.165, 1.54) is 18.6 Å². The van der Waals surface area contributed by atoms with E-state index in [1.54, 1.807) is 0 Å². The number of hydrazone groups is 1. The zero-order valence-corrected chi connectivity index (χ0v) is 7.45. The van der Waals surface area contributed by atoms with E-state index in [4.69, 9.17) is 5.73 Å². The van der Waals surface area contributed by atoms with E-state index in [9.17, 15) is 0 Å². The summed E-state index contributed by atoms with van der Waals surface area (Å²) >= 11 is 4.63. The maximum atomic E-state index is 5.23. The van der Waals surface area contributed by atoms with Crippen molar-refractivity contribution >= 4 is 23.0 Å². The van der Waals surface area contributed by atoms with E-state index >= 15 is 0 Å². The molecule has 0 amide bonds. The van der Waals surface area contributed by atoms with Gasteiger partial charge in [0, 0.05) is 5.71 Å². The second kappa shape index (κ2) is 3.67. The summed E-state index contributed by atoms with van der Waals surface area (Å²) in [7, 11) is 0. The third kappa shape index (κ3) is 2.46. The molecule has 0 spiro atoms. The highest BCUT2D eigenvalue weighted by molar-refractivity contribution is 7.80. The molecule has 1 fully saturated rings. The van der Waals surface area contributed by atoms with E-state index in [-0.39, 0.29) is 5.11 Å². The Morgan fingerprint density at radius 3 is 3.00 bits per heavy atom. The molecule has 3 N–H and O–H groups in total. The van der Waals surface area contributed by atoms with Crippen molar-refractivity contribution in [1.29, 1.82) is 0 Å². The normalized spacial score (nSPS) is 27.4. The second-order valence-corrected chi connectivity index (χ2v) is 3.31. The molecule has 0 bridgehead atoms. The fraction of sp³-hybridized carbons (Fsp3) is 0.714. The molecule has 62 valence electrons. The molecular formula is C7H13N3S. The Balaban J connectivity index is 2.45. The lowest BCUT2D eigenvalue weighted by atomic mass is 10.1. The molecule has 0 aliphatic heterocycles. The van der Waals surface area contributed by atoms with Crippen molar-refractivity contribution in [3.8, 4) is 0 Å². The van der Waals surface area contributed by atoms with Crippen LogP contribution in [0.15, 0.2) is 5.10 Å². The number of thiocarbonyl (C=S) groups is 1. The summed E-state index contributed by atoms with van der Waals surface area (Å²) in [6.07, 6.45) is 3.55. The van der Waals surface area contributed by atoms with Crippen LogP contribution in [0.1, 0.15) is 26.2 Å². The molecule has 0 aromatic heterocycles. The Hall–Kier alpha value is -0.640. The highest BCUT2D eigenvalue weighted by Gasteiger charge is 2.17. The zero-order valence-electron chi connectivity index (χ0n) is 6.63. The summed E-state index contributed by atoms with van der Waals surface area (Å²) in [5, 5.41) is 4.35. The smallest absolute Gasteiger partial charge is 0.184 e. The van der Waals surface area contributed by atoms with Crippen LogP contribution in [-0.4, -0.2) is 10.8 Å². The van der Waals surface area contributed by atoms with Crippen molar-refractivity contribution in [3.63, 3.8) is 0 Å². The molecule has 4 heteroatoms. The predicted molar refractivity (Wildman–Crippen MR) is 50.4 cm³/mol. The number of hydrogen-bond acceptors (Lipinski definition) is 2. The molecule has 1 aliphatic carbocycles. The summed E-state index contributed by atoms with van der Waals surface area (Å²) in [6.45, 7) is 2.17. The van der Waals surface area contributed by atoms with Gasteiger partial charge in [0.05, 0.1) is 0 Å². The van der Waals surface area contributed by atoms with Crippen LogP contribution in [0.5, 0.6) is 0 Å². The molecule has 1 atom stereocenters. The van der Waals surface area contributed by atoms with E-state index in [0.717, 1.165) is 6.42 Å². The van der Waals surface area contributed by atoms with Gasteiger partial charge in [-0.25, -0.2) is 0 Å². The maximum absolute atomic E-state index is 5.23. The minimum Gasteiger partial charge on any atom is -0.375 e. The molecule has 1 saturated carbocycles. The lowest BCUT2D eigenvalue weighted by Gasteiger charge is -2.02. The zero-order chi connectivity index (χ0) is 8.27. The van der Waals surface area contributed by atoms with Crippen LogP contribution < -0.4 is 11.2 Å². The summed E-state index contributed by atoms with van der Waals surface area (Å²) in [5.74, 6) is 0.594. The number of nitrogens with two attached hydrogens (primary N) is 1. The Kier molecular flexibility index (Phi) is 2.82. The fourth-order valence-electron chi connectivity index (χ4n) is 1.30. The van der Waals surface area contributed by atoms with Gasteiger partial charge in [-0.2, -0.15) is 5.10 Å². The highest BCUT2D eigenvalue weighted by Crippen LogP contribution is 2.21. The second-order valence-electron chi connectivity index (χ2n) is 2.87. The number of rotatable bonds is 1. The van der Waals surface area contributed by atoms with E-state index < -0.39 is 0 Å². The van der Waals surface area contributed by atoms with Crippen LogP contribution in [0.4, 0.5) is 0 Å². The first-order chi connectivity index (χ1) is 5.20. The summed E-state index contributed by atoms with van der Waals surface area (Å²) in [5.41, 5.74) is 9.04. The molecular weight excluding hydrogens is 158 g/mol. The van der Waals surface area contributed by atoms with Crippen molar-refractivity contribution in [3.05, 3.63) is 0 Å². The van der Waals surface area contributed by atoms with Gasteiger partial charge in [0.15, 0.2) is 5.11 Å². The lowest BCUT2D eigenvalue weighted by molar-refractivity contribution is 0.725.